The summed E-state index contributed by atoms with van der Waals surface area (Å²) < 4.78 is 18.6. The third-order valence-corrected chi connectivity index (χ3v) is 2.94. The molecule has 110 valence electrons. The van der Waals surface area contributed by atoms with Gasteiger partial charge in [-0.05, 0) is 18.2 Å². The van der Waals surface area contributed by atoms with Gasteiger partial charge in [0, 0.05) is 12.1 Å². The first-order valence-corrected chi connectivity index (χ1v) is 6.57. The van der Waals surface area contributed by atoms with Crippen molar-refractivity contribution in [3.63, 3.8) is 0 Å². The molecule has 0 aliphatic carbocycles. The molecule has 5 heteroatoms. The number of halogens is 1. The lowest BCUT2D eigenvalue weighted by Crippen LogP contribution is -2.28. The summed E-state index contributed by atoms with van der Waals surface area (Å²) in [6, 6.07) is 13.6. The van der Waals surface area contributed by atoms with Crippen molar-refractivity contribution < 1.29 is 13.9 Å². The van der Waals surface area contributed by atoms with E-state index in [1.807, 2.05) is 24.3 Å². The molecule has 2 rings (SSSR count). The first-order chi connectivity index (χ1) is 10.2. The Labute approximate surface area is 122 Å². The van der Waals surface area contributed by atoms with Crippen LogP contribution in [0.1, 0.15) is 5.56 Å². The minimum absolute atomic E-state index is 0.0897. The van der Waals surface area contributed by atoms with Gasteiger partial charge in [-0.2, -0.15) is 0 Å². The van der Waals surface area contributed by atoms with E-state index in [0.29, 0.717) is 6.54 Å². The van der Waals surface area contributed by atoms with Crippen LogP contribution in [0.3, 0.4) is 0 Å². The fourth-order valence-corrected chi connectivity index (χ4v) is 1.92. The molecule has 0 spiro atoms. The second kappa shape index (κ2) is 7.40. The van der Waals surface area contributed by atoms with E-state index < -0.39 is 5.82 Å². The minimum Gasteiger partial charge on any atom is -0.496 e. The Hall–Kier alpha value is -2.40. The van der Waals surface area contributed by atoms with Crippen molar-refractivity contribution in [2.24, 2.45) is 0 Å². The van der Waals surface area contributed by atoms with Crippen molar-refractivity contribution in [2.75, 3.05) is 19.0 Å². The highest BCUT2D eigenvalue weighted by atomic mass is 19.1. The maximum atomic E-state index is 13.4. The smallest absolute Gasteiger partial charge is 0.238 e. The number of ether oxygens (including phenoxy) is 1. The molecular formula is C16H17FN2O2. The van der Waals surface area contributed by atoms with E-state index in [9.17, 15) is 9.18 Å². The van der Waals surface area contributed by atoms with Crippen LogP contribution in [0.15, 0.2) is 48.5 Å². The van der Waals surface area contributed by atoms with Crippen LogP contribution in [-0.4, -0.2) is 19.6 Å². The number of hydrogen-bond acceptors (Lipinski definition) is 3. The number of amides is 1. The Balaban J connectivity index is 1.83. The zero-order valence-electron chi connectivity index (χ0n) is 11.7. The molecule has 0 bridgehead atoms. The topological polar surface area (TPSA) is 50.4 Å². The van der Waals surface area contributed by atoms with Crippen molar-refractivity contribution >= 4 is 11.6 Å². The summed E-state index contributed by atoms with van der Waals surface area (Å²) >= 11 is 0. The van der Waals surface area contributed by atoms with Crippen molar-refractivity contribution in [3.05, 3.63) is 59.9 Å². The molecule has 0 unspecified atom stereocenters. The number of anilines is 1. The predicted molar refractivity (Wildman–Crippen MR) is 79.7 cm³/mol. The average molecular weight is 288 g/mol. The summed E-state index contributed by atoms with van der Waals surface area (Å²) in [5.74, 6) is 0.0186. The van der Waals surface area contributed by atoms with Gasteiger partial charge in [-0.3, -0.25) is 4.79 Å². The number of benzene rings is 2. The molecule has 2 aromatic rings. The second-order valence-electron chi connectivity index (χ2n) is 4.44. The van der Waals surface area contributed by atoms with Crippen LogP contribution in [-0.2, 0) is 11.3 Å². The number of carbonyl (C=O) groups is 1. The summed E-state index contributed by atoms with van der Waals surface area (Å²) in [5, 5.41) is 5.52. The molecule has 0 atom stereocenters. The highest BCUT2D eigenvalue weighted by Gasteiger charge is 2.06. The molecule has 2 N–H and O–H groups in total. The highest BCUT2D eigenvalue weighted by molar-refractivity contribution is 5.92. The van der Waals surface area contributed by atoms with E-state index in [4.69, 9.17) is 4.74 Å². The minimum atomic E-state index is -0.449. The van der Waals surface area contributed by atoms with Gasteiger partial charge in [0.2, 0.25) is 5.91 Å². The van der Waals surface area contributed by atoms with E-state index >= 15 is 0 Å². The normalized spacial score (nSPS) is 10.2. The molecule has 0 aliphatic heterocycles. The number of methoxy groups -OCH3 is 1. The largest absolute Gasteiger partial charge is 0.496 e. The van der Waals surface area contributed by atoms with Gasteiger partial charge in [-0.1, -0.05) is 30.3 Å². The molecule has 0 saturated carbocycles. The Morgan fingerprint density at radius 3 is 2.62 bits per heavy atom. The zero-order chi connectivity index (χ0) is 15.1. The van der Waals surface area contributed by atoms with Crippen LogP contribution in [0, 0.1) is 5.82 Å². The highest BCUT2D eigenvalue weighted by Crippen LogP contribution is 2.16. The van der Waals surface area contributed by atoms with Gasteiger partial charge >= 0.3 is 0 Å². The Morgan fingerprint density at radius 2 is 1.86 bits per heavy atom. The van der Waals surface area contributed by atoms with Crippen LogP contribution < -0.4 is 15.4 Å². The first-order valence-electron chi connectivity index (χ1n) is 6.57. The number of carbonyl (C=O) groups excluding carboxylic acids is 1. The fraction of sp³-hybridized carbons (Fsp3) is 0.188. The molecule has 2 aromatic carbocycles. The molecule has 0 aromatic heterocycles. The van der Waals surface area contributed by atoms with E-state index in [2.05, 4.69) is 10.6 Å². The summed E-state index contributed by atoms with van der Waals surface area (Å²) in [7, 11) is 1.60. The number of rotatable bonds is 6. The van der Waals surface area contributed by atoms with Crippen LogP contribution in [0.25, 0.3) is 0 Å². The van der Waals surface area contributed by atoms with Crippen LogP contribution in [0.5, 0.6) is 5.75 Å². The lowest BCUT2D eigenvalue weighted by Gasteiger charge is -2.10. The molecule has 1 amide bonds. The van der Waals surface area contributed by atoms with Gasteiger partial charge < -0.3 is 15.4 Å². The summed E-state index contributed by atoms with van der Waals surface area (Å²) in [6.07, 6.45) is 0. The summed E-state index contributed by atoms with van der Waals surface area (Å²) in [6.45, 7) is 0.584. The maximum absolute atomic E-state index is 13.4. The van der Waals surface area contributed by atoms with Gasteiger partial charge in [0.15, 0.2) is 0 Å². The van der Waals surface area contributed by atoms with E-state index in [0.717, 1.165) is 11.3 Å². The van der Waals surface area contributed by atoms with Crippen LogP contribution in [0.2, 0.25) is 0 Å². The second-order valence-corrected chi connectivity index (χ2v) is 4.44. The molecule has 0 aliphatic rings. The van der Waals surface area contributed by atoms with Crippen LogP contribution >= 0.6 is 0 Å². The Bertz CT molecular complexity index is 617. The van der Waals surface area contributed by atoms with Gasteiger partial charge in [0.1, 0.15) is 11.6 Å². The van der Waals surface area contributed by atoms with Crippen molar-refractivity contribution in [1.29, 1.82) is 0 Å². The number of nitrogens with one attached hydrogen (secondary N) is 2. The van der Waals surface area contributed by atoms with Crippen molar-refractivity contribution in [3.8, 4) is 5.75 Å². The first kappa shape index (κ1) is 15.0. The fourth-order valence-electron chi connectivity index (χ4n) is 1.92. The van der Waals surface area contributed by atoms with E-state index in [-0.39, 0.29) is 18.1 Å². The van der Waals surface area contributed by atoms with Crippen LogP contribution in [0.4, 0.5) is 10.1 Å². The summed E-state index contributed by atoms with van der Waals surface area (Å²) in [5.41, 5.74) is 1.14. The third-order valence-electron chi connectivity index (χ3n) is 2.94. The maximum Gasteiger partial charge on any atom is 0.238 e. The van der Waals surface area contributed by atoms with E-state index in [1.54, 1.807) is 19.2 Å². The van der Waals surface area contributed by atoms with E-state index in [1.165, 1.54) is 12.1 Å². The summed E-state index contributed by atoms with van der Waals surface area (Å²) in [4.78, 5) is 11.7. The monoisotopic (exact) mass is 288 g/mol. The van der Waals surface area contributed by atoms with Gasteiger partial charge in [0.25, 0.3) is 0 Å². The Morgan fingerprint density at radius 1 is 1.14 bits per heavy atom. The van der Waals surface area contributed by atoms with Gasteiger partial charge in [0.05, 0.1) is 19.3 Å². The third kappa shape index (κ3) is 4.29. The lowest BCUT2D eigenvalue weighted by atomic mass is 10.2. The predicted octanol–water partition coefficient (Wildman–Crippen LogP) is 2.56. The average Bonchev–Trinajstić information content (AvgIpc) is 2.50. The molecule has 0 radical (unpaired) electrons. The molecule has 0 saturated heterocycles. The number of hydrogen-bond donors (Lipinski definition) is 2. The molecule has 21 heavy (non-hydrogen) atoms. The van der Waals surface area contributed by atoms with Crippen molar-refractivity contribution in [2.45, 2.75) is 6.54 Å². The standard InChI is InChI=1S/C16H17FN2O2/c1-21-15-9-5-2-6-12(15)10-18-11-16(20)19-14-8-4-3-7-13(14)17/h2-9,18H,10-11H2,1H3,(H,19,20). The Kier molecular flexibility index (Phi) is 5.29. The van der Waals surface area contributed by atoms with Gasteiger partial charge in [-0.25, -0.2) is 4.39 Å². The SMILES string of the molecule is COc1ccccc1CNCC(=O)Nc1ccccc1F. The quantitative estimate of drug-likeness (QED) is 0.859. The van der Waals surface area contributed by atoms with Gasteiger partial charge in [-0.15, -0.1) is 0 Å². The zero-order valence-corrected chi connectivity index (χ0v) is 11.7. The molecule has 0 heterocycles. The number of para-hydroxylation sites is 2. The molecular weight excluding hydrogens is 271 g/mol. The molecule has 0 fully saturated rings. The molecule has 4 nitrogen and oxygen atoms in total. The van der Waals surface area contributed by atoms with Crippen molar-refractivity contribution in [1.82, 2.24) is 5.32 Å². The lowest BCUT2D eigenvalue weighted by molar-refractivity contribution is -0.115.